The molecule has 0 amide bonds. The van der Waals surface area contributed by atoms with Gasteiger partial charge in [-0.3, -0.25) is 0 Å². The SMILES string of the molecule is CC1(C)CCc2cc(Nc3ccccc3)nnc21. The summed E-state index contributed by atoms with van der Waals surface area (Å²) in [6.07, 6.45) is 2.26. The van der Waals surface area contributed by atoms with Crippen molar-refractivity contribution in [3.8, 4) is 0 Å². The van der Waals surface area contributed by atoms with Crippen LogP contribution < -0.4 is 5.32 Å². The molecule has 0 spiro atoms. The summed E-state index contributed by atoms with van der Waals surface area (Å²) in [4.78, 5) is 0. The average molecular weight is 239 g/mol. The molecular weight excluding hydrogens is 222 g/mol. The number of nitrogens with one attached hydrogen (secondary N) is 1. The number of fused-ring (bicyclic) bond motifs is 1. The normalized spacial score (nSPS) is 16.3. The van der Waals surface area contributed by atoms with E-state index in [0.717, 1.165) is 30.0 Å². The molecule has 0 saturated heterocycles. The molecule has 92 valence electrons. The van der Waals surface area contributed by atoms with E-state index in [9.17, 15) is 0 Å². The van der Waals surface area contributed by atoms with E-state index in [1.807, 2.05) is 30.3 Å². The molecule has 3 rings (SSSR count). The zero-order valence-electron chi connectivity index (χ0n) is 10.8. The van der Waals surface area contributed by atoms with Crippen molar-refractivity contribution in [3.05, 3.63) is 47.7 Å². The first-order valence-corrected chi connectivity index (χ1v) is 6.34. The largest absolute Gasteiger partial charge is 0.339 e. The summed E-state index contributed by atoms with van der Waals surface area (Å²) in [5.74, 6) is 0.831. The molecule has 1 aliphatic rings. The van der Waals surface area contributed by atoms with E-state index in [-0.39, 0.29) is 5.41 Å². The maximum absolute atomic E-state index is 4.40. The van der Waals surface area contributed by atoms with Crippen LogP contribution in [0.25, 0.3) is 0 Å². The van der Waals surface area contributed by atoms with Gasteiger partial charge in [0, 0.05) is 11.1 Å². The van der Waals surface area contributed by atoms with Gasteiger partial charge in [-0.05, 0) is 36.6 Å². The zero-order valence-corrected chi connectivity index (χ0v) is 10.8. The fraction of sp³-hybridized carbons (Fsp3) is 0.333. The Morgan fingerprint density at radius 3 is 2.67 bits per heavy atom. The van der Waals surface area contributed by atoms with Gasteiger partial charge in [-0.25, -0.2) is 0 Å². The molecule has 0 aliphatic heterocycles. The predicted molar refractivity (Wildman–Crippen MR) is 73.1 cm³/mol. The quantitative estimate of drug-likeness (QED) is 0.872. The molecule has 0 fully saturated rings. The molecule has 2 aromatic rings. The highest BCUT2D eigenvalue weighted by atomic mass is 15.2. The Kier molecular flexibility index (Phi) is 2.54. The number of aromatic nitrogens is 2. The second-order valence-electron chi connectivity index (χ2n) is 5.48. The van der Waals surface area contributed by atoms with Crippen molar-refractivity contribution in [3.63, 3.8) is 0 Å². The number of nitrogens with zero attached hydrogens (tertiary/aromatic N) is 2. The first-order valence-electron chi connectivity index (χ1n) is 6.34. The van der Waals surface area contributed by atoms with Crippen LogP contribution in [0, 0.1) is 0 Å². The molecule has 1 N–H and O–H groups in total. The molecule has 3 nitrogen and oxygen atoms in total. The van der Waals surface area contributed by atoms with Gasteiger partial charge in [0.1, 0.15) is 0 Å². The van der Waals surface area contributed by atoms with Gasteiger partial charge in [0.05, 0.1) is 5.69 Å². The van der Waals surface area contributed by atoms with E-state index in [4.69, 9.17) is 0 Å². The maximum Gasteiger partial charge on any atom is 0.153 e. The summed E-state index contributed by atoms with van der Waals surface area (Å²) in [6.45, 7) is 4.47. The third kappa shape index (κ3) is 1.96. The summed E-state index contributed by atoms with van der Waals surface area (Å²) in [6, 6.07) is 12.2. The lowest BCUT2D eigenvalue weighted by molar-refractivity contribution is 0.504. The second-order valence-corrected chi connectivity index (χ2v) is 5.48. The first kappa shape index (κ1) is 11.2. The fourth-order valence-corrected chi connectivity index (χ4v) is 2.49. The molecule has 3 heteroatoms. The Morgan fingerprint density at radius 2 is 1.89 bits per heavy atom. The lowest BCUT2D eigenvalue weighted by Crippen LogP contribution is -2.14. The van der Waals surface area contributed by atoms with Crippen LogP contribution in [0.15, 0.2) is 36.4 Å². The molecule has 0 unspecified atom stereocenters. The number of hydrogen-bond acceptors (Lipinski definition) is 3. The average Bonchev–Trinajstić information content (AvgIpc) is 2.66. The Balaban J connectivity index is 1.88. The maximum atomic E-state index is 4.40. The van der Waals surface area contributed by atoms with Crippen LogP contribution in [0.1, 0.15) is 31.5 Å². The number of benzene rings is 1. The van der Waals surface area contributed by atoms with E-state index in [1.54, 1.807) is 0 Å². The highest BCUT2D eigenvalue weighted by molar-refractivity contribution is 5.56. The summed E-state index contributed by atoms with van der Waals surface area (Å²) in [5, 5.41) is 12.0. The van der Waals surface area contributed by atoms with E-state index in [0.29, 0.717) is 0 Å². The molecule has 0 saturated carbocycles. The van der Waals surface area contributed by atoms with Crippen molar-refractivity contribution in [2.75, 3.05) is 5.32 Å². The van der Waals surface area contributed by atoms with Gasteiger partial charge in [-0.2, -0.15) is 5.10 Å². The summed E-state index contributed by atoms with van der Waals surface area (Å²) in [7, 11) is 0. The van der Waals surface area contributed by atoms with Crippen LogP contribution in [-0.4, -0.2) is 10.2 Å². The topological polar surface area (TPSA) is 37.8 Å². The third-order valence-corrected chi connectivity index (χ3v) is 3.58. The Labute approximate surface area is 107 Å². The minimum atomic E-state index is 0.174. The zero-order chi connectivity index (χ0) is 12.6. The number of hydrogen-bond donors (Lipinski definition) is 1. The van der Waals surface area contributed by atoms with Crippen LogP contribution in [0.2, 0.25) is 0 Å². The van der Waals surface area contributed by atoms with E-state index < -0.39 is 0 Å². The van der Waals surface area contributed by atoms with Gasteiger partial charge in [-0.15, -0.1) is 5.10 Å². The molecule has 1 aromatic heterocycles. The number of anilines is 2. The van der Waals surface area contributed by atoms with Crippen LogP contribution in [0.3, 0.4) is 0 Å². The van der Waals surface area contributed by atoms with Crippen LogP contribution in [0.4, 0.5) is 11.5 Å². The number of para-hydroxylation sites is 1. The van der Waals surface area contributed by atoms with Crippen molar-refractivity contribution in [1.82, 2.24) is 10.2 Å². The summed E-state index contributed by atoms with van der Waals surface area (Å²) >= 11 is 0. The molecule has 1 heterocycles. The Morgan fingerprint density at radius 1 is 1.11 bits per heavy atom. The molecule has 0 radical (unpaired) electrons. The third-order valence-electron chi connectivity index (χ3n) is 3.58. The highest BCUT2D eigenvalue weighted by Crippen LogP contribution is 2.37. The number of rotatable bonds is 2. The van der Waals surface area contributed by atoms with E-state index in [1.165, 1.54) is 5.56 Å². The van der Waals surface area contributed by atoms with Crippen molar-refractivity contribution < 1.29 is 0 Å². The van der Waals surface area contributed by atoms with Crippen LogP contribution in [0.5, 0.6) is 0 Å². The lowest BCUT2D eigenvalue weighted by Gasteiger charge is -2.16. The molecule has 18 heavy (non-hydrogen) atoms. The van der Waals surface area contributed by atoms with Crippen molar-refractivity contribution in [2.24, 2.45) is 0 Å². The minimum Gasteiger partial charge on any atom is -0.339 e. The van der Waals surface area contributed by atoms with E-state index >= 15 is 0 Å². The van der Waals surface area contributed by atoms with Gasteiger partial charge < -0.3 is 5.32 Å². The van der Waals surface area contributed by atoms with Crippen LogP contribution >= 0.6 is 0 Å². The monoisotopic (exact) mass is 239 g/mol. The molecule has 1 aliphatic carbocycles. The first-order chi connectivity index (χ1) is 8.65. The smallest absolute Gasteiger partial charge is 0.153 e. The summed E-state index contributed by atoms with van der Waals surface area (Å²) < 4.78 is 0. The molecule has 0 bridgehead atoms. The van der Waals surface area contributed by atoms with Gasteiger partial charge in [0.2, 0.25) is 0 Å². The van der Waals surface area contributed by atoms with E-state index in [2.05, 4.69) is 35.4 Å². The van der Waals surface area contributed by atoms with Gasteiger partial charge in [0.25, 0.3) is 0 Å². The standard InChI is InChI=1S/C15H17N3/c1-15(2)9-8-11-10-13(17-18-14(11)15)16-12-6-4-3-5-7-12/h3-7,10H,8-9H2,1-2H3,(H,16,17). The molecular formula is C15H17N3. The van der Waals surface area contributed by atoms with Gasteiger partial charge in [-0.1, -0.05) is 32.0 Å². The predicted octanol–water partition coefficient (Wildman–Crippen LogP) is 3.44. The van der Waals surface area contributed by atoms with Crippen molar-refractivity contribution in [2.45, 2.75) is 32.1 Å². The molecule has 1 aromatic carbocycles. The fourth-order valence-electron chi connectivity index (χ4n) is 2.49. The summed E-state index contributed by atoms with van der Waals surface area (Å²) in [5.41, 5.74) is 3.70. The minimum absolute atomic E-state index is 0.174. The number of aryl methyl sites for hydroxylation is 1. The Hall–Kier alpha value is -1.90. The van der Waals surface area contributed by atoms with Gasteiger partial charge >= 0.3 is 0 Å². The second kappa shape index (κ2) is 4.09. The van der Waals surface area contributed by atoms with Crippen molar-refractivity contribution in [1.29, 1.82) is 0 Å². The lowest BCUT2D eigenvalue weighted by atomic mass is 9.91. The van der Waals surface area contributed by atoms with Gasteiger partial charge in [0.15, 0.2) is 5.82 Å². The molecule has 0 atom stereocenters. The highest BCUT2D eigenvalue weighted by Gasteiger charge is 2.31. The van der Waals surface area contributed by atoms with Crippen molar-refractivity contribution >= 4 is 11.5 Å². The Bertz CT molecular complexity index is 561. The van der Waals surface area contributed by atoms with Crippen LogP contribution in [-0.2, 0) is 11.8 Å².